The Morgan fingerprint density at radius 3 is 2.70 bits per heavy atom. The van der Waals surface area contributed by atoms with Crippen LogP contribution in [-0.2, 0) is 6.61 Å². The monoisotopic (exact) mass is 335 g/mol. The normalized spacial score (nSPS) is 14.5. The van der Waals surface area contributed by atoms with Gasteiger partial charge in [-0.2, -0.15) is 0 Å². The molecule has 0 bridgehead atoms. The second-order valence-electron chi connectivity index (χ2n) is 5.35. The molecule has 23 heavy (non-hydrogen) atoms. The molecule has 1 heterocycles. The van der Waals surface area contributed by atoms with Crippen molar-refractivity contribution in [1.29, 1.82) is 0 Å². The quantitative estimate of drug-likeness (QED) is 0.883. The molecule has 5 heteroatoms. The molecule has 0 saturated carbocycles. The highest BCUT2D eigenvalue weighted by Crippen LogP contribution is 2.27. The van der Waals surface area contributed by atoms with Gasteiger partial charge < -0.3 is 10.1 Å². The molecule has 1 aliphatic heterocycles. The summed E-state index contributed by atoms with van der Waals surface area (Å²) in [6.45, 7) is 1.65. The van der Waals surface area contributed by atoms with Crippen LogP contribution in [0.1, 0.15) is 17.5 Å². The second-order valence-corrected chi connectivity index (χ2v) is 5.79. The Hall–Kier alpha value is -1.91. The molecular weight excluding hydrogens is 320 g/mol. The van der Waals surface area contributed by atoms with Crippen LogP contribution in [0.4, 0.5) is 8.78 Å². The summed E-state index contributed by atoms with van der Waals surface area (Å²) in [5.41, 5.74) is 2.42. The van der Waals surface area contributed by atoms with Crippen LogP contribution in [0, 0.1) is 11.6 Å². The second kappa shape index (κ2) is 7.11. The molecule has 0 spiro atoms. The topological polar surface area (TPSA) is 21.3 Å². The molecule has 2 aromatic rings. The van der Waals surface area contributed by atoms with Crippen molar-refractivity contribution >= 4 is 17.2 Å². The molecule has 2 nitrogen and oxygen atoms in total. The van der Waals surface area contributed by atoms with Crippen molar-refractivity contribution in [2.45, 2.75) is 13.0 Å². The molecule has 1 aliphatic rings. The summed E-state index contributed by atoms with van der Waals surface area (Å²) in [5, 5.41) is 3.55. The van der Waals surface area contributed by atoms with Gasteiger partial charge in [-0.3, -0.25) is 0 Å². The van der Waals surface area contributed by atoms with E-state index in [-0.39, 0.29) is 12.4 Å². The van der Waals surface area contributed by atoms with Crippen molar-refractivity contribution in [2.24, 2.45) is 0 Å². The smallest absolute Gasteiger partial charge is 0.165 e. The van der Waals surface area contributed by atoms with Gasteiger partial charge >= 0.3 is 0 Å². The molecule has 0 aromatic heterocycles. The fourth-order valence-corrected chi connectivity index (χ4v) is 2.65. The number of halogens is 3. The minimum Gasteiger partial charge on any atom is -0.486 e. The number of hydrogen-bond donors (Lipinski definition) is 1. The van der Waals surface area contributed by atoms with Gasteiger partial charge in [-0.1, -0.05) is 29.8 Å². The number of benzene rings is 2. The van der Waals surface area contributed by atoms with E-state index >= 15 is 0 Å². The molecule has 0 aliphatic carbocycles. The van der Waals surface area contributed by atoms with Gasteiger partial charge in [-0.05, 0) is 48.4 Å². The first-order valence-electron chi connectivity index (χ1n) is 7.40. The lowest BCUT2D eigenvalue weighted by atomic mass is 10.00. The number of hydrogen-bond acceptors (Lipinski definition) is 2. The van der Waals surface area contributed by atoms with E-state index < -0.39 is 11.6 Å². The summed E-state index contributed by atoms with van der Waals surface area (Å²) >= 11 is 5.71. The van der Waals surface area contributed by atoms with E-state index in [1.54, 1.807) is 18.2 Å². The highest BCUT2D eigenvalue weighted by atomic mass is 35.5. The Labute approximate surface area is 138 Å². The van der Waals surface area contributed by atoms with Crippen molar-refractivity contribution in [2.75, 3.05) is 13.1 Å². The summed E-state index contributed by atoms with van der Waals surface area (Å²) in [5.74, 6) is -0.802. The maximum absolute atomic E-state index is 13.9. The molecule has 0 atom stereocenters. The highest BCUT2D eigenvalue weighted by Gasteiger charge is 2.11. The summed E-state index contributed by atoms with van der Waals surface area (Å²) < 4.78 is 33.2. The third kappa shape index (κ3) is 3.89. The number of nitrogens with one attached hydrogen (secondary N) is 1. The van der Waals surface area contributed by atoms with Crippen LogP contribution in [0.15, 0.2) is 42.5 Å². The van der Waals surface area contributed by atoms with Crippen molar-refractivity contribution in [1.82, 2.24) is 5.32 Å². The van der Waals surface area contributed by atoms with Gasteiger partial charge in [0.1, 0.15) is 12.4 Å². The van der Waals surface area contributed by atoms with Crippen LogP contribution in [0.2, 0.25) is 5.02 Å². The van der Waals surface area contributed by atoms with Crippen LogP contribution in [0.25, 0.3) is 5.57 Å². The average Bonchev–Trinajstić information content (AvgIpc) is 2.56. The molecule has 0 saturated heterocycles. The van der Waals surface area contributed by atoms with Gasteiger partial charge in [0, 0.05) is 17.1 Å². The van der Waals surface area contributed by atoms with E-state index in [2.05, 4.69) is 11.4 Å². The molecule has 0 unspecified atom stereocenters. The van der Waals surface area contributed by atoms with Crippen LogP contribution >= 0.6 is 11.6 Å². The Bertz CT molecular complexity index is 746. The first-order chi connectivity index (χ1) is 11.1. The molecule has 0 amide bonds. The lowest BCUT2D eigenvalue weighted by molar-refractivity contribution is 0.284. The standard InChI is InChI=1S/C18H16ClF2NO/c19-15-3-1-14(17(21)10-15)11-23-18-9-13(2-4-16(18)20)12-5-7-22-8-6-12/h1-5,9-10,22H,6-8,11H2. The third-order valence-electron chi connectivity index (χ3n) is 3.76. The summed E-state index contributed by atoms with van der Waals surface area (Å²) in [6, 6.07) is 9.12. The Kier molecular flexibility index (Phi) is 4.94. The van der Waals surface area contributed by atoms with Crippen molar-refractivity contribution in [3.8, 4) is 5.75 Å². The molecule has 120 valence electrons. The van der Waals surface area contributed by atoms with Crippen molar-refractivity contribution in [3.63, 3.8) is 0 Å². The zero-order chi connectivity index (χ0) is 16.2. The predicted octanol–water partition coefficient (Wildman–Crippen LogP) is 4.57. The van der Waals surface area contributed by atoms with E-state index in [9.17, 15) is 8.78 Å². The maximum Gasteiger partial charge on any atom is 0.165 e. The first kappa shape index (κ1) is 16.0. The Morgan fingerprint density at radius 2 is 1.96 bits per heavy atom. The van der Waals surface area contributed by atoms with Gasteiger partial charge in [-0.15, -0.1) is 0 Å². The van der Waals surface area contributed by atoms with Crippen LogP contribution in [-0.4, -0.2) is 13.1 Å². The van der Waals surface area contributed by atoms with E-state index in [4.69, 9.17) is 16.3 Å². The van der Waals surface area contributed by atoms with E-state index in [0.717, 1.165) is 30.6 Å². The van der Waals surface area contributed by atoms with E-state index in [1.165, 1.54) is 18.2 Å². The van der Waals surface area contributed by atoms with Crippen molar-refractivity contribution in [3.05, 3.63) is 70.3 Å². The summed E-state index contributed by atoms with van der Waals surface area (Å²) in [7, 11) is 0. The van der Waals surface area contributed by atoms with Crippen LogP contribution in [0.5, 0.6) is 5.75 Å². The van der Waals surface area contributed by atoms with Gasteiger partial charge in [0.25, 0.3) is 0 Å². The lowest BCUT2D eigenvalue weighted by Gasteiger charge is -2.16. The average molecular weight is 336 g/mol. The number of ether oxygens (including phenoxy) is 1. The molecular formula is C18H16ClF2NO. The van der Waals surface area contributed by atoms with Gasteiger partial charge in [0.15, 0.2) is 11.6 Å². The molecule has 0 fully saturated rings. The largest absolute Gasteiger partial charge is 0.486 e. The van der Waals surface area contributed by atoms with Crippen molar-refractivity contribution < 1.29 is 13.5 Å². The summed E-state index contributed by atoms with van der Waals surface area (Å²) in [4.78, 5) is 0. The zero-order valence-electron chi connectivity index (χ0n) is 12.4. The highest BCUT2D eigenvalue weighted by molar-refractivity contribution is 6.30. The van der Waals surface area contributed by atoms with Gasteiger partial charge in [0.2, 0.25) is 0 Å². The maximum atomic E-state index is 13.9. The Balaban J connectivity index is 1.78. The van der Waals surface area contributed by atoms with Crippen LogP contribution < -0.4 is 10.1 Å². The molecule has 0 radical (unpaired) electrons. The number of rotatable bonds is 4. The Morgan fingerprint density at radius 1 is 1.09 bits per heavy atom. The molecule has 3 rings (SSSR count). The van der Waals surface area contributed by atoms with Crippen LogP contribution in [0.3, 0.4) is 0 Å². The zero-order valence-corrected chi connectivity index (χ0v) is 13.2. The van der Waals surface area contributed by atoms with Gasteiger partial charge in [0.05, 0.1) is 0 Å². The fraction of sp³-hybridized carbons (Fsp3) is 0.222. The molecule has 1 N–H and O–H groups in total. The predicted molar refractivity (Wildman–Crippen MR) is 87.6 cm³/mol. The molecule has 2 aromatic carbocycles. The fourth-order valence-electron chi connectivity index (χ4n) is 2.49. The minimum atomic E-state index is -0.463. The van der Waals surface area contributed by atoms with Gasteiger partial charge in [-0.25, -0.2) is 8.78 Å². The van der Waals surface area contributed by atoms with E-state index in [0.29, 0.717) is 10.6 Å². The van der Waals surface area contributed by atoms with E-state index in [1.807, 2.05) is 0 Å². The third-order valence-corrected chi connectivity index (χ3v) is 4.00. The minimum absolute atomic E-state index is 0.0516. The summed E-state index contributed by atoms with van der Waals surface area (Å²) in [6.07, 6.45) is 2.97. The SMILES string of the molecule is Fc1cc(Cl)ccc1COc1cc(C2=CCNCC2)ccc1F. The first-order valence-corrected chi connectivity index (χ1v) is 7.77. The lowest BCUT2D eigenvalue weighted by Crippen LogP contribution is -2.20.